The number of pyridine rings is 1. The molecule has 6 heteroatoms. The first-order valence-electron chi connectivity index (χ1n) is 7.57. The van der Waals surface area contributed by atoms with Gasteiger partial charge < -0.3 is 9.47 Å². The fourth-order valence-electron chi connectivity index (χ4n) is 2.77. The van der Waals surface area contributed by atoms with Crippen molar-refractivity contribution >= 4 is 5.97 Å². The van der Waals surface area contributed by atoms with Crippen molar-refractivity contribution in [2.45, 2.75) is 32.3 Å². The van der Waals surface area contributed by atoms with Crippen molar-refractivity contribution in [1.82, 2.24) is 4.98 Å². The number of nitrogens with zero attached hydrogens (tertiary/aromatic N) is 1. The number of esters is 1. The molecule has 1 aromatic carbocycles. The third-order valence-electron chi connectivity index (χ3n) is 4.05. The lowest BCUT2D eigenvalue weighted by Crippen LogP contribution is -2.33. The zero-order valence-corrected chi connectivity index (χ0v) is 13.7. The predicted molar refractivity (Wildman–Crippen MR) is 84.0 cm³/mol. The van der Waals surface area contributed by atoms with Gasteiger partial charge in [0.05, 0.1) is 7.11 Å². The number of carbonyl (C=O) groups excluding carboxylic acids is 1. The molecule has 0 atom stereocenters. The summed E-state index contributed by atoms with van der Waals surface area (Å²) < 4.78 is 38.0. The summed E-state index contributed by atoms with van der Waals surface area (Å²) in [6.07, 6.45) is 1.33. The quantitative estimate of drug-likeness (QED) is 0.782. The molecular weight excluding hydrogens is 316 g/mol. The summed E-state index contributed by atoms with van der Waals surface area (Å²) in [7, 11) is 1.24. The van der Waals surface area contributed by atoms with Crippen LogP contribution in [0.15, 0.2) is 24.3 Å². The molecule has 0 saturated heterocycles. The first-order chi connectivity index (χ1) is 11.3. The van der Waals surface area contributed by atoms with Crippen molar-refractivity contribution in [2.75, 3.05) is 7.11 Å². The summed E-state index contributed by atoms with van der Waals surface area (Å²) >= 11 is 0. The molecule has 0 N–H and O–H groups in total. The highest BCUT2D eigenvalue weighted by Gasteiger charge is 2.31. The zero-order chi connectivity index (χ0) is 17.5. The Bertz CT molecular complexity index is 818. The fraction of sp³-hybridized carbons (Fsp3) is 0.333. The molecule has 126 valence electrons. The van der Waals surface area contributed by atoms with Gasteiger partial charge in [0, 0.05) is 17.2 Å². The van der Waals surface area contributed by atoms with Crippen molar-refractivity contribution in [3.05, 3.63) is 47.2 Å². The Balaban J connectivity index is 2.22. The second kappa shape index (κ2) is 5.85. The topological polar surface area (TPSA) is 48.4 Å². The Hall–Kier alpha value is -2.50. The number of rotatable bonds is 2. The standard InChI is InChI=1S/C18H17F2NO3/c1-18(2)7-6-12-13(11-5-4-10(19)8-14(11)20)9-15(17(22)23-3)21-16(12)24-18/h4-5,8-9H,6-7H2,1-3H3. The van der Waals surface area contributed by atoms with E-state index in [-0.39, 0.29) is 17.1 Å². The maximum atomic E-state index is 14.3. The summed E-state index contributed by atoms with van der Waals surface area (Å²) in [4.78, 5) is 16.1. The highest BCUT2D eigenvalue weighted by atomic mass is 19.1. The maximum absolute atomic E-state index is 14.3. The van der Waals surface area contributed by atoms with Crippen LogP contribution < -0.4 is 4.74 Å². The molecule has 0 saturated carbocycles. The van der Waals surface area contributed by atoms with E-state index in [4.69, 9.17) is 9.47 Å². The molecule has 0 aliphatic carbocycles. The average molecular weight is 333 g/mol. The van der Waals surface area contributed by atoms with Gasteiger partial charge >= 0.3 is 5.97 Å². The summed E-state index contributed by atoms with van der Waals surface area (Å²) in [5.41, 5.74) is 0.949. The first-order valence-corrected chi connectivity index (χ1v) is 7.57. The normalized spacial score (nSPS) is 15.4. The summed E-state index contributed by atoms with van der Waals surface area (Å²) in [5.74, 6) is -1.73. The second-order valence-electron chi connectivity index (χ2n) is 6.32. The van der Waals surface area contributed by atoms with E-state index in [9.17, 15) is 13.6 Å². The van der Waals surface area contributed by atoms with Gasteiger partial charge in [0.25, 0.3) is 0 Å². The number of ether oxygens (including phenoxy) is 2. The van der Waals surface area contributed by atoms with E-state index < -0.39 is 23.2 Å². The van der Waals surface area contributed by atoms with E-state index in [1.54, 1.807) is 0 Å². The van der Waals surface area contributed by atoms with Crippen LogP contribution in [0.3, 0.4) is 0 Å². The molecule has 0 amide bonds. The summed E-state index contributed by atoms with van der Waals surface area (Å²) in [5, 5.41) is 0. The minimum absolute atomic E-state index is 0.0210. The Morgan fingerprint density at radius 1 is 1.25 bits per heavy atom. The van der Waals surface area contributed by atoms with Crippen LogP contribution in [-0.4, -0.2) is 23.7 Å². The molecule has 2 heterocycles. The molecule has 24 heavy (non-hydrogen) atoms. The van der Waals surface area contributed by atoms with E-state index in [0.29, 0.717) is 17.5 Å². The van der Waals surface area contributed by atoms with E-state index in [1.807, 2.05) is 13.8 Å². The molecule has 0 radical (unpaired) electrons. The third kappa shape index (κ3) is 2.96. The summed E-state index contributed by atoms with van der Waals surface area (Å²) in [6.45, 7) is 3.83. The van der Waals surface area contributed by atoms with Crippen LogP contribution in [0.1, 0.15) is 36.3 Å². The van der Waals surface area contributed by atoms with Gasteiger partial charge in [0.15, 0.2) is 5.69 Å². The second-order valence-corrected chi connectivity index (χ2v) is 6.32. The molecule has 4 nitrogen and oxygen atoms in total. The van der Waals surface area contributed by atoms with Gasteiger partial charge in [0.1, 0.15) is 17.2 Å². The van der Waals surface area contributed by atoms with Crippen molar-refractivity contribution in [3.63, 3.8) is 0 Å². The minimum atomic E-state index is -0.705. The Morgan fingerprint density at radius 3 is 2.67 bits per heavy atom. The lowest BCUT2D eigenvalue weighted by atomic mass is 9.90. The Kier molecular flexibility index (Phi) is 3.99. The van der Waals surface area contributed by atoms with Crippen molar-refractivity contribution in [1.29, 1.82) is 0 Å². The van der Waals surface area contributed by atoms with Crippen molar-refractivity contribution < 1.29 is 23.0 Å². The molecule has 0 fully saturated rings. The number of aromatic nitrogens is 1. The van der Waals surface area contributed by atoms with Crippen molar-refractivity contribution in [2.24, 2.45) is 0 Å². The number of halogens is 2. The van der Waals surface area contributed by atoms with Crippen LogP contribution in [0.25, 0.3) is 11.1 Å². The van der Waals surface area contributed by atoms with Crippen LogP contribution in [0, 0.1) is 11.6 Å². The van der Waals surface area contributed by atoms with E-state index >= 15 is 0 Å². The highest BCUT2D eigenvalue weighted by molar-refractivity contribution is 5.90. The fourth-order valence-corrected chi connectivity index (χ4v) is 2.77. The molecule has 3 rings (SSSR count). The zero-order valence-electron chi connectivity index (χ0n) is 13.7. The third-order valence-corrected chi connectivity index (χ3v) is 4.05. The van der Waals surface area contributed by atoms with Gasteiger partial charge in [-0.25, -0.2) is 18.6 Å². The number of methoxy groups -OCH3 is 1. The number of hydrogen-bond acceptors (Lipinski definition) is 4. The number of hydrogen-bond donors (Lipinski definition) is 0. The molecule has 1 aliphatic rings. The molecule has 0 unspecified atom stereocenters. The van der Waals surface area contributed by atoms with Crippen LogP contribution in [0.4, 0.5) is 8.78 Å². The van der Waals surface area contributed by atoms with E-state index in [0.717, 1.165) is 12.5 Å². The molecule has 1 aromatic heterocycles. The van der Waals surface area contributed by atoms with Gasteiger partial charge in [-0.2, -0.15) is 0 Å². The Labute approximate surface area is 138 Å². The lowest BCUT2D eigenvalue weighted by molar-refractivity contribution is 0.0577. The molecule has 0 bridgehead atoms. The maximum Gasteiger partial charge on any atom is 0.356 e. The van der Waals surface area contributed by atoms with Gasteiger partial charge in [-0.05, 0) is 50.5 Å². The largest absolute Gasteiger partial charge is 0.471 e. The van der Waals surface area contributed by atoms with E-state index in [2.05, 4.69) is 4.98 Å². The van der Waals surface area contributed by atoms with Gasteiger partial charge in [-0.15, -0.1) is 0 Å². The molecule has 2 aromatic rings. The van der Waals surface area contributed by atoms with Gasteiger partial charge in [-0.3, -0.25) is 0 Å². The molecule has 1 aliphatic heterocycles. The van der Waals surface area contributed by atoms with Crippen LogP contribution in [-0.2, 0) is 11.2 Å². The van der Waals surface area contributed by atoms with Gasteiger partial charge in [0.2, 0.25) is 5.88 Å². The van der Waals surface area contributed by atoms with Crippen LogP contribution >= 0.6 is 0 Å². The lowest BCUT2D eigenvalue weighted by Gasteiger charge is -2.32. The smallest absolute Gasteiger partial charge is 0.356 e. The first kappa shape index (κ1) is 16.4. The predicted octanol–water partition coefficient (Wildman–Crippen LogP) is 3.92. The summed E-state index contributed by atoms with van der Waals surface area (Å²) in [6, 6.07) is 4.80. The monoisotopic (exact) mass is 333 g/mol. The molecular formula is C18H17F2NO3. The SMILES string of the molecule is COC(=O)c1cc(-c2ccc(F)cc2F)c2c(n1)OC(C)(C)CC2. The van der Waals surface area contributed by atoms with Crippen LogP contribution in [0.5, 0.6) is 5.88 Å². The molecule has 0 spiro atoms. The van der Waals surface area contributed by atoms with Crippen LogP contribution in [0.2, 0.25) is 0 Å². The average Bonchev–Trinajstić information content (AvgIpc) is 2.52. The Morgan fingerprint density at radius 2 is 2.00 bits per heavy atom. The van der Waals surface area contributed by atoms with Gasteiger partial charge in [-0.1, -0.05) is 0 Å². The van der Waals surface area contributed by atoms with E-state index in [1.165, 1.54) is 25.3 Å². The number of fused-ring (bicyclic) bond motifs is 1. The van der Waals surface area contributed by atoms with Crippen molar-refractivity contribution in [3.8, 4) is 17.0 Å². The highest BCUT2D eigenvalue weighted by Crippen LogP contribution is 2.39. The minimum Gasteiger partial charge on any atom is -0.471 e. The number of carbonyl (C=O) groups is 1. The number of benzene rings is 1.